The largest absolute Gasteiger partial charge is 0.326 e. The quantitative estimate of drug-likeness (QED) is 0.635. The average Bonchev–Trinajstić information content (AvgIpc) is 2.50. The van der Waals surface area contributed by atoms with Crippen LogP contribution in [0.3, 0.4) is 0 Å². The second-order valence-corrected chi connectivity index (χ2v) is 6.64. The topological polar surface area (TPSA) is 118 Å². The van der Waals surface area contributed by atoms with Gasteiger partial charge in [0.15, 0.2) is 4.90 Å². The minimum Gasteiger partial charge on any atom is -0.326 e. The predicted octanol–water partition coefficient (Wildman–Crippen LogP) is 2.66. The third-order valence-corrected chi connectivity index (χ3v) is 4.65. The third kappa shape index (κ3) is 3.69. The Kier molecular flexibility index (Phi) is 4.84. The van der Waals surface area contributed by atoms with Gasteiger partial charge in [-0.25, -0.2) is 8.42 Å². The van der Waals surface area contributed by atoms with Crippen molar-refractivity contribution >= 4 is 33.0 Å². The number of para-hydroxylation sites is 1. The van der Waals surface area contributed by atoms with Crippen LogP contribution in [0.15, 0.2) is 47.4 Å². The first-order valence-corrected chi connectivity index (χ1v) is 8.34. The summed E-state index contributed by atoms with van der Waals surface area (Å²) < 4.78 is 27.3. The van der Waals surface area contributed by atoms with Gasteiger partial charge in [0, 0.05) is 18.7 Å². The third-order valence-electron chi connectivity index (χ3n) is 3.24. The Morgan fingerprint density at radius 2 is 1.71 bits per heavy atom. The van der Waals surface area contributed by atoms with E-state index in [9.17, 15) is 23.3 Å². The zero-order chi connectivity index (χ0) is 17.9. The highest BCUT2D eigenvalue weighted by molar-refractivity contribution is 7.92. The molecule has 0 heterocycles. The molecule has 2 aromatic rings. The molecule has 0 unspecified atom stereocenters. The molecular weight excluding hydrogens is 334 g/mol. The Morgan fingerprint density at radius 1 is 1.08 bits per heavy atom. The SMILES string of the molecule is CC(=O)Nc1cccc(NS(=O)(=O)c2ccccc2[N+](=O)[O-])c1C. The molecule has 2 aromatic carbocycles. The lowest BCUT2D eigenvalue weighted by atomic mass is 10.1. The fourth-order valence-electron chi connectivity index (χ4n) is 2.11. The summed E-state index contributed by atoms with van der Waals surface area (Å²) in [7, 11) is -4.16. The maximum atomic E-state index is 12.5. The van der Waals surface area contributed by atoms with Crippen LogP contribution in [0.4, 0.5) is 17.1 Å². The number of nitro groups is 1. The number of sulfonamides is 1. The van der Waals surface area contributed by atoms with Gasteiger partial charge in [-0.05, 0) is 30.7 Å². The molecule has 1 amide bonds. The van der Waals surface area contributed by atoms with Gasteiger partial charge < -0.3 is 5.32 Å². The Labute approximate surface area is 138 Å². The standard InChI is InChI=1S/C15H15N3O5S/c1-10-12(16-11(2)19)6-5-7-13(10)17-24(22,23)15-9-4-3-8-14(15)18(20)21/h3-9,17H,1-2H3,(H,16,19). The lowest BCUT2D eigenvalue weighted by molar-refractivity contribution is -0.387. The molecule has 126 valence electrons. The minimum atomic E-state index is -4.16. The molecule has 0 aromatic heterocycles. The van der Waals surface area contributed by atoms with E-state index in [2.05, 4.69) is 10.0 Å². The van der Waals surface area contributed by atoms with Crippen LogP contribution in [0, 0.1) is 17.0 Å². The molecule has 9 heteroatoms. The van der Waals surface area contributed by atoms with Crippen LogP contribution in [0.5, 0.6) is 0 Å². The smallest absolute Gasteiger partial charge is 0.289 e. The van der Waals surface area contributed by atoms with Crippen molar-refractivity contribution in [2.75, 3.05) is 10.0 Å². The number of nitrogens with zero attached hydrogens (tertiary/aromatic N) is 1. The molecule has 0 bridgehead atoms. The summed E-state index contributed by atoms with van der Waals surface area (Å²) in [4.78, 5) is 21.0. The second-order valence-electron chi connectivity index (χ2n) is 4.99. The molecule has 2 N–H and O–H groups in total. The molecule has 24 heavy (non-hydrogen) atoms. The summed E-state index contributed by atoms with van der Waals surface area (Å²) in [5.74, 6) is -0.295. The van der Waals surface area contributed by atoms with Gasteiger partial charge in [0.2, 0.25) is 5.91 Å². The van der Waals surface area contributed by atoms with Crippen LogP contribution >= 0.6 is 0 Å². The number of nitrogens with one attached hydrogen (secondary N) is 2. The highest BCUT2D eigenvalue weighted by Crippen LogP contribution is 2.29. The van der Waals surface area contributed by atoms with Crippen molar-refractivity contribution in [3.63, 3.8) is 0 Å². The van der Waals surface area contributed by atoms with Crippen molar-refractivity contribution in [1.82, 2.24) is 0 Å². The Hall–Kier alpha value is -2.94. The van der Waals surface area contributed by atoms with E-state index in [-0.39, 0.29) is 11.6 Å². The Bertz CT molecular complexity index is 909. The first kappa shape index (κ1) is 17.4. The maximum Gasteiger partial charge on any atom is 0.289 e. The minimum absolute atomic E-state index is 0.222. The molecule has 0 saturated carbocycles. The number of hydrogen-bond donors (Lipinski definition) is 2. The number of carbonyl (C=O) groups is 1. The molecule has 2 rings (SSSR count). The monoisotopic (exact) mass is 349 g/mol. The number of benzene rings is 2. The number of hydrogen-bond acceptors (Lipinski definition) is 5. The summed E-state index contributed by atoms with van der Waals surface area (Å²) in [5.41, 5.74) is 0.653. The summed E-state index contributed by atoms with van der Waals surface area (Å²) in [6.07, 6.45) is 0. The van der Waals surface area contributed by atoms with Crippen LogP contribution < -0.4 is 10.0 Å². The zero-order valence-corrected chi connectivity index (χ0v) is 13.8. The van der Waals surface area contributed by atoms with Crippen molar-refractivity contribution in [2.45, 2.75) is 18.7 Å². The van der Waals surface area contributed by atoms with Gasteiger partial charge in [-0.1, -0.05) is 18.2 Å². The molecule has 8 nitrogen and oxygen atoms in total. The number of carbonyl (C=O) groups excluding carboxylic acids is 1. The van der Waals surface area contributed by atoms with Gasteiger partial charge in [-0.15, -0.1) is 0 Å². The predicted molar refractivity (Wildman–Crippen MR) is 89.4 cm³/mol. The second kappa shape index (κ2) is 6.67. The highest BCUT2D eigenvalue weighted by atomic mass is 32.2. The molecule has 0 saturated heterocycles. The van der Waals surface area contributed by atoms with E-state index in [1.54, 1.807) is 19.1 Å². The fraction of sp³-hybridized carbons (Fsp3) is 0.133. The van der Waals surface area contributed by atoms with E-state index >= 15 is 0 Å². The molecular formula is C15H15N3O5S. The maximum absolute atomic E-state index is 12.5. The normalized spacial score (nSPS) is 10.9. The van der Waals surface area contributed by atoms with Gasteiger partial charge in [-0.2, -0.15) is 0 Å². The van der Waals surface area contributed by atoms with Crippen molar-refractivity contribution in [1.29, 1.82) is 0 Å². The summed E-state index contributed by atoms with van der Waals surface area (Å²) in [5, 5.41) is 13.6. The molecule has 0 fully saturated rings. The van der Waals surface area contributed by atoms with Gasteiger partial charge in [0.05, 0.1) is 10.6 Å². The van der Waals surface area contributed by atoms with E-state index < -0.39 is 25.5 Å². The van der Waals surface area contributed by atoms with Crippen LogP contribution in [-0.4, -0.2) is 19.2 Å². The first-order valence-electron chi connectivity index (χ1n) is 6.86. The van der Waals surface area contributed by atoms with Crippen LogP contribution in [-0.2, 0) is 14.8 Å². The van der Waals surface area contributed by atoms with Crippen LogP contribution in [0.25, 0.3) is 0 Å². The molecule has 0 aliphatic carbocycles. The van der Waals surface area contributed by atoms with Gasteiger partial charge in [0.25, 0.3) is 15.7 Å². The summed E-state index contributed by atoms with van der Waals surface area (Å²) in [6.45, 7) is 2.96. The first-order chi connectivity index (χ1) is 11.2. The molecule has 0 atom stereocenters. The molecule has 0 radical (unpaired) electrons. The molecule has 0 spiro atoms. The Morgan fingerprint density at radius 3 is 2.33 bits per heavy atom. The Balaban J connectivity index is 2.44. The molecule has 0 aliphatic heterocycles. The van der Waals surface area contributed by atoms with Crippen molar-refractivity contribution in [2.24, 2.45) is 0 Å². The van der Waals surface area contributed by atoms with Crippen molar-refractivity contribution < 1.29 is 18.1 Å². The van der Waals surface area contributed by atoms with E-state index in [0.717, 1.165) is 12.1 Å². The summed E-state index contributed by atoms with van der Waals surface area (Å²) >= 11 is 0. The number of amides is 1. The van der Waals surface area contributed by atoms with E-state index in [0.29, 0.717) is 11.3 Å². The van der Waals surface area contributed by atoms with Crippen LogP contribution in [0.1, 0.15) is 12.5 Å². The number of anilines is 2. The zero-order valence-electron chi connectivity index (χ0n) is 12.9. The number of nitro benzene ring substituents is 1. The summed E-state index contributed by atoms with van der Waals surface area (Å²) in [6, 6.07) is 9.77. The van der Waals surface area contributed by atoms with E-state index in [1.165, 1.54) is 25.1 Å². The van der Waals surface area contributed by atoms with Gasteiger partial charge >= 0.3 is 0 Å². The highest BCUT2D eigenvalue weighted by Gasteiger charge is 2.25. The van der Waals surface area contributed by atoms with Gasteiger partial charge in [0.1, 0.15) is 0 Å². The van der Waals surface area contributed by atoms with Gasteiger partial charge in [-0.3, -0.25) is 19.6 Å². The lowest BCUT2D eigenvalue weighted by Gasteiger charge is -2.14. The lowest BCUT2D eigenvalue weighted by Crippen LogP contribution is -2.16. The van der Waals surface area contributed by atoms with E-state index in [1.807, 2.05) is 0 Å². The van der Waals surface area contributed by atoms with Crippen molar-refractivity contribution in [3.05, 3.63) is 58.1 Å². The van der Waals surface area contributed by atoms with Crippen LogP contribution in [0.2, 0.25) is 0 Å². The fourth-order valence-corrected chi connectivity index (χ4v) is 3.40. The molecule has 0 aliphatic rings. The van der Waals surface area contributed by atoms with E-state index in [4.69, 9.17) is 0 Å². The van der Waals surface area contributed by atoms with Crippen molar-refractivity contribution in [3.8, 4) is 0 Å². The average molecular weight is 349 g/mol. The number of rotatable bonds is 5.